The molecular formula is C12H21N3O2. The van der Waals surface area contributed by atoms with Crippen molar-refractivity contribution in [3.8, 4) is 0 Å². The quantitative estimate of drug-likeness (QED) is 0.726. The van der Waals surface area contributed by atoms with Crippen LogP contribution < -0.4 is 4.90 Å². The van der Waals surface area contributed by atoms with E-state index in [1.807, 2.05) is 17.9 Å². The molecule has 0 spiro atoms. The molecule has 0 radical (unpaired) electrons. The van der Waals surface area contributed by atoms with Gasteiger partial charge in [0, 0.05) is 31.3 Å². The molecule has 1 aromatic heterocycles. The van der Waals surface area contributed by atoms with Crippen molar-refractivity contribution in [2.24, 2.45) is 0 Å². The summed E-state index contributed by atoms with van der Waals surface area (Å²) in [7, 11) is 0. The highest BCUT2D eigenvalue weighted by Gasteiger charge is 2.09. The zero-order valence-corrected chi connectivity index (χ0v) is 10.6. The van der Waals surface area contributed by atoms with Gasteiger partial charge in [-0.05, 0) is 13.3 Å². The summed E-state index contributed by atoms with van der Waals surface area (Å²) in [5.74, 6) is 1.60. The van der Waals surface area contributed by atoms with Crippen molar-refractivity contribution < 1.29 is 10.2 Å². The van der Waals surface area contributed by atoms with Gasteiger partial charge in [-0.3, -0.25) is 0 Å². The molecule has 1 rings (SSSR count). The van der Waals surface area contributed by atoms with E-state index in [0.29, 0.717) is 13.1 Å². The van der Waals surface area contributed by atoms with Crippen LogP contribution in [0.2, 0.25) is 0 Å². The smallest absolute Gasteiger partial charge is 0.132 e. The molecule has 5 nitrogen and oxygen atoms in total. The van der Waals surface area contributed by atoms with Crippen molar-refractivity contribution in [1.82, 2.24) is 9.97 Å². The van der Waals surface area contributed by atoms with Gasteiger partial charge < -0.3 is 15.1 Å². The molecule has 0 aliphatic rings. The van der Waals surface area contributed by atoms with Gasteiger partial charge in [0.15, 0.2) is 0 Å². The Balaban J connectivity index is 2.92. The molecule has 0 unspecified atom stereocenters. The fourth-order valence-electron chi connectivity index (χ4n) is 1.69. The molecule has 1 aromatic rings. The first-order valence-corrected chi connectivity index (χ1v) is 6.02. The van der Waals surface area contributed by atoms with Crippen molar-refractivity contribution in [2.45, 2.75) is 26.7 Å². The second-order valence-electron chi connectivity index (χ2n) is 3.97. The van der Waals surface area contributed by atoms with Crippen LogP contribution in [0.5, 0.6) is 0 Å². The van der Waals surface area contributed by atoms with Crippen molar-refractivity contribution in [2.75, 3.05) is 31.2 Å². The summed E-state index contributed by atoms with van der Waals surface area (Å²) in [5.41, 5.74) is 0.916. The summed E-state index contributed by atoms with van der Waals surface area (Å²) in [4.78, 5) is 10.7. The minimum Gasteiger partial charge on any atom is -0.395 e. The van der Waals surface area contributed by atoms with E-state index in [0.717, 1.165) is 30.2 Å². The van der Waals surface area contributed by atoms with Crippen molar-refractivity contribution >= 4 is 5.82 Å². The van der Waals surface area contributed by atoms with Gasteiger partial charge >= 0.3 is 0 Å². The number of aromatic nitrogens is 2. The number of aliphatic hydroxyl groups is 2. The summed E-state index contributed by atoms with van der Waals surface area (Å²) in [6, 6.07) is 1.88. The Bertz CT molecular complexity index is 339. The van der Waals surface area contributed by atoms with Crippen LogP contribution in [0.25, 0.3) is 0 Å². The summed E-state index contributed by atoms with van der Waals surface area (Å²) in [6.45, 7) is 5.06. The SMILES string of the molecule is CCCc1nc(C)cc(N(CCO)CCO)n1. The average molecular weight is 239 g/mol. The second-order valence-corrected chi connectivity index (χ2v) is 3.97. The van der Waals surface area contributed by atoms with Gasteiger partial charge in [-0.1, -0.05) is 6.92 Å². The summed E-state index contributed by atoms with van der Waals surface area (Å²) < 4.78 is 0. The van der Waals surface area contributed by atoms with Gasteiger partial charge in [0.1, 0.15) is 11.6 Å². The minimum atomic E-state index is 0.0478. The fourth-order valence-corrected chi connectivity index (χ4v) is 1.69. The average Bonchev–Trinajstić information content (AvgIpc) is 2.28. The lowest BCUT2D eigenvalue weighted by Gasteiger charge is -2.22. The van der Waals surface area contributed by atoms with Gasteiger partial charge in [-0.2, -0.15) is 0 Å². The summed E-state index contributed by atoms with van der Waals surface area (Å²) in [5, 5.41) is 18.0. The van der Waals surface area contributed by atoms with Crippen LogP contribution in [0.1, 0.15) is 24.9 Å². The molecule has 0 aliphatic carbocycles. The maximum Gasteiger partial charge on any atom is 0.132 e. The fraction of sp³-hybridized carbons (Fsp3) is 0.667. The third kappa shape index (κ3) is 4.28. The van der Waals surface area contributed by atoms with E-state index in [4.69, 9.17) is 10.2 Å². The Morgan fingerprint density at radius 2 is 1.82 bits per heavy atom. The van der Waals surface area contributed by atoms with Crippen LogP contribution in [0.4, 0.5) is 5.82 Å². The molecule has 96 valence electrons. The molecule has 0 saturated heterocycles. The summed E-state index contributed by atoms with van der Waals surface area (Å²) in [6.07, 6.45) is 1.85. The summed E-state index contributed by atoms with van der Waals surface area (Å²) >= 11 is 0. The van der Waals surface area contributed by atoms with E-state index in [9.17, 15) is 0 Å². The normalized spacial score (nSPS) is 10.6. The van der Waals surface area contributed by atoms with Crippen LogP contribution in [-0.4, -0.2) is 46.5 Å². The van der Waals surface area contributed by atoms with Crippen LogP contribution in [0.3, 0.4) is 0 Å². The van der Waals surface area contributed by atoms with Gasteiger partial charge in [0.2, 0.25) is 0 Å². The molecule has 17 heavy (non-hydrogen) atoms. The predicted octanol–water partition coefficient (Wildman–Crippen LogP) is 0.529. The molecular weight excluding hydrogens is 218 g/mol. The van der Waals surface area contributed by atoms with Crippen molar-refractivity contribution in [3.05, 3.63) is 17.6 Å². The third-order valence-corrected chi connectivity index (χ3v) is 2.42. The monoisotopic (exact) mass is 239 g/mol. The van der Waals surface area contributed by atoms with E-state index in [1.165, 1.54) is 0 Å². The van der Waals surface area contributed by atoms with Crippen LogP contribution in [-0.2, 0) is 6.42 Å². The lowest BCUT2D eigenvalue weighted by Crippen LogP contribution is -2.30. The molecule has 1 heterocycles. The Morgan fingerprint density at radius 3 is 2.35 bits per heavy atom. The van der Waals surface area contributed by atoms with Gasteiger partial charge in [0.25, 0.3) is 0 Å². The zero-order valence-electron chi connectivity index (χ0n) is 10.6. The molecule has 0 amide bonds. The number of rotatable bonds is 7. The van der Waals surface area contributed by atoms with E-state index in [-0.39, 0.29) is 13.2 Å². The molecule has 2 N–H and O–H groups in total. The molecule has 0 saturated carbocycles. The van der Waals surface area contributed by atoms with E-state index >= 15 is 0 Å². The standard InChI is InChI=1S/C12H21N3O2/c1-3-4-11-13-10(2)9-12(14-11)15(5-7-16)6-8-17/h9,16-17H,3-8H2,1-2H3. The van der Waals surface area contributed by atoms with E-state index < -0.39 is 0 Å². The second kappa shape index (κ2) is 7.19. The minimum absolute atomic E-state index is 0.0478. The molecule has 0 fully saturated rings. The number of aryl methyl sites for hydroxylation is 2. The lowest BCUT2D eigenvalue weighted by atomic mass is 10.3. The Hall–Kier alpha value is -1.20. The van der Waals surface area contributed by atoms with Crippen molar-refractivity contribution in [1.29, 1.82) is 0 Å². The van der Waals surface area contributed by atoms with E-state index in [2.05, 4.69) is 16.9 Å². The molecule has 5 heteroatoms. The molecule has 0 atom stereocenters. The third-order valence-electron chi connectivity index (χ3n) is 2.42. The number of hydrogen-bond acceptors (Lipinski definition) is 5. The number of hydrogen-bond donors (Lipinski definition) is 2. The maximum atomic E-state index is 9.00. The highest BCUT2D eigenvalue weighted by atomic mass is 16.3. The highest BCUT2D eigenvalue weighted by Crippen LogP contribution is 2.12. The predicted molar refractivity (Wildman–Crippen MR) is 67.1 cm³/mol. The van der Waals surface area contributed by atoms with Crippen molar-refractivity contribution in [3.63, 3.8) is 0 Å². The number of anilines is 1. The first-order chi connectivity index (χ1) is 8.21. The molecule has 0 aromatic carbocycles. The highest BCUT2D eigenvalue weighted by molar-refractivity contribution is 5.39. The maximum absolute atomic E-state index is 9.00. The zero-order chi connectivity index (χ0) is 12.7. The van der Waals surface area contributed by atoms with Crippen LogP contribution in [0, 0.1) is 6.92 Å². The lowest BCUT2D eigenvalue weighted by molar-refractivity contribution is 0.280. The van der Waals surface area contributed by atoms with Crippen LogP contribution >= 0.6 is 0 Å². The topological polar surface area (TPSA) is 69.5 Å². The van der Waals surface area contributed by atoms with E-state index in [1.54, 1.807) is 0 Å². The van der Waals surface area contributed by atoms with Gasteiger partial charge in [0.05, 0.1) is 13.2 Å². The largest absolute Gasteiger partial charge is 0.395 e. The first kappa shape index (κ1) is 13.9. The van der Waals surface area contributed by atoms with Crippen LogP contribution in [0.15, 0.2) is 6.07 Å². The Labute approximate surface area is 102 Å². The van der Waals surface area contributed by atoms with Gasteiger partial charge in [-0.15, -0.1) is 0 Å². The molecule has 0 aliphatic heterocycles. The molecule has 0 bridgehead atoms. The number of nitrogens with zero attached hydrogens (tertiary/aromatic N) is 3. The van der Waals surface area contributed by atoms with Gasteiger partial charge in [-0.25, -0.2) is 9.97 Å². The number of aliphatic hydroxyl groups excluding tert-OH is 2. The Morgan fingerprint density at radius 1 is 1.18 bits per heavy atom. The first-order valence-electron chi connectivity index (χ1n) is 6.02. The Kier molecular flexibility index (Phi) is 5.86.